The number of carbonyl (C=O) groups excluding carboxylic acids is 1. The minimum Gasteiger partial charge on any atom is -0.369 e. The van der Waals surface area contributed by atoms with Crippen LogP contribution in [0.5, 0.6) is 0 Å². The first kappa shape index (κ1) is 15.5. The standard InChI is InChI=1S/C16H22N6O/c1-11-5-8-22(14(23)3-6-17)9-13(11)21(2)16-12-4-7-18-15(12)19-10-20-16/h4,7,10-13,15,18H,3,5,8-9H2,1-2H3/t11-,12?,13+,15?/m1/s1. The zero-order valence-electron chi connectivity index (χ0n) is 13.5. The van der Waals surface area contributed by atoms with Crippen LogP contribution in [0.25, 0.3) is 0 Å². The van der Waals surface area contributed by atoms with Crippen molar-refractivity contribution in [1.29, 1.82) is 5.26 Å². The summed E-state index contributed by atoms with van der Waals surface area (Å²) in [6.45, 7) is 3.58. The zero-order valence-corrected chi connectivity index (χ0v) is 13.5. The van der Waals surface area contributed by atoms with Crippen LogP contribution in [0.3, 0.4) is 0 Å². The average Bonchev–Trinajstić information content (AvgIpc) is 3.03. The predicted molar refractivity (Wildman–Crippen MR) is 87.6 cm³/mol. The van der Waals surface area contributed by atoms with Crippen molar-refractivity contribution in [3.63, 3.8) is 0 Å². The number of rotatable bonds is 2. The van der Waals surface area contributed by atoms with Crippen LogP contribution in [0.2, 0.25) is 0 Å². The number of carbonyl (C=O) groups is 1. The van der Waals surface area contributed by atoms with E-state index >= 15 is 0 Å². The van der Waals surface area contributed by atoms with Crippen LogP contribution in [0.4, 0.5) is 0 Å². The Balaban J connectivity index is 1.75. The minimum atomic E-state index is -0.0785. The topological polar surface area (TPSA) is 84.1 Å². The van der Waals surface area contributed by atoms with Gasteiger partial charge >= 0.3 is 0 Å². The number of aliphatic imine (C=N–C) groups is 2. The number of fused-ring (bicyclic) bond motifs is 1. The highest BCUT2D eigenvalue weighted by atomic mass is 16.2. The molecule has 0 aliphatic carbocycles. The summed E-state index contributed by atoms with van der Waals surface area (Å²) in [7, 11) is 2.04. The Morgan fingerprint density at radius 1 is 1.61 bits per heavy atom. The Bertz CT molecular complexity index is 604. The molecule has 0 spiro atoms. The number of amidine groups is 1. The van der Waals surface area contributed by atoms with Gasteiger partial charge in [0.25, 0.3) is 0 Å². The quantitative estimate of drug-likeness (QED) is 0.807. The summed E-state index contributed by atoms with van der Waals surface area (Å²) < 4.78 is 0. The lowest BCUT2D eigenvalue weighted by atomic mass is 9.91. The molecule has 0 aromatic rings. The number of piperidine rings is 1. The first-order valence-electron chi connectivity index (χ1n) is 8.01. The molecule has 0 bridgehead atoms. The number of likely N-dealkylation sites (tertiary alicyclic amines) is 1. The Labute approximate surface area is 136 Å². The van der Waals surface area contributed by atoms with Crippen LogP contribution in [-0.4, -0.2) is 60.2 Å². The monoisotopic (exact) mass is 314 g/mol. The van der Waals surface area contributed by atoms with E-state index in [1.165, 1.54) is 0 Å². The van der Waals surface area contributed by atoms with Gasteiger partial charge in [0.05, 0.1) is 12.0 Å². The fourth-order valence-electron chi connectivity index (χ4n) is 3.54. The summed E-state index contributed by atoms with van der Waals surface area (Å²) in [5.74, 6) is 1.51. The zero-order chi connectivity index (χ0) is 16.4. The Kier molecular flexibility index (Phi) is 4.33. The molecule has 1 N–H and O–H groups in total. The Hall–Kier alpha value is -2.36. The van der Waals surface area contributed by atoms with Crippen molar-refractivity contribution >= 4 is 18.1 Å². The summed E-state index contributed by atoms with van der Waals surface area (Å²) in [5.41, 5.74) is 0. The molecule has 0 saturated carbocycles. The van der Waals surface area contributed by atoms with E-state index in [2.05, 4.69) is 33.2 Å². The van der Waals surface area contributed by atoms with E-state index < -0.39 is 0 Å². The van der Waals surface area contributed by atoms with Gasteiger partial charge in [0.1, 0.15) is 24.8 Å². The normalized spacial score (nSPS) is 31.9. The smallest absolute Gasteiger partial charge is 0.236 e. The third-order valence-corrected chi connectivity index (χ3v) is 4.99. The largest absolute Gasteiger partial charge is 0.369 e. The van der Waals surface area contributed by atoms with Gasteiger partial charge in [0.2, 0.25) is 5.91 Å². The van der Waals surface area contributed by atoms with E-state index in [4.69, 9.17) is 5.26 Å². The van der Waals surface area contributed by atoms with Gasteiger partial charge in [-0.25, -0.2) is 9.98 Å². The van der Waals surface area contributed by atoms with E-state index in [9.17, 15) is 4.79 Å². The van der Waals surface area contributed by atoms with E-state index in [0.717, 1.165) is 18.8 Å². The number of hydrogen-bond acceptors (Lipinski definition) is 6. The molecule has 3 aliphatic rings. The minimum absolute atomic E-state index is 0.0279. The van der Waals surface area contributed by atoms with E-state index in [0.29, 0.717) is 12.5 Å². The molecule has 1 saturated heterocycles. The molecule has 1 fully saturated rings. The van der Waals surface area contributed by atoms with Crippen molar-refractivity contribution in [1.82, 2.24) is 15.1 Å². The molecule has 4 atom stereocenters. The molecule has 3 rings (SSSR count). The number of amides is 1. The second kappa shape index (κ2) is 6.41. The second-order valence-corrected chi connectivity index (χ2v) is 6.37. The van der Waals surface area contributed by atoms with E-state index in [-0.39, 0.29) is 30.5 Å². The van der Waals surface area contributed by atoms with Gasteiger partial charge in [0, 0.05) is 26.2 Å². The van der Waals surface area contributed by atoms with Crippen LogP contribution >= 0.6 is 0 Å². The van der Waals surface area contributed by atoms with Gasteiger partial charge in [-0.2, -0.15) is 5.26 Å². The predicted octanol–water partition coefficient (Wildman–Crippen LogP) is 0.568. The first-order valence-corrected chi connectivity index (χ1v) is 8.01. The van der Waals surface area contributed by atoms with Crippen molar-refractivity contribution in [2.75, 3.05) is 20.1 Å². The molecule has 0 radical (unpaired) electrons. The van der Waals surface area contributed by atoms with Gasteiger partial charge in [0.15, 0.2) is 0 Å². The van der Waals surface area contributed by atoms with Gasteiger partial charge in [-0.15, -0.1) is 0 Å². The second-order valence-electron chi connectivity index (χ2n) is 6.37. The van der Waals surface area contributed by atoms with Gasteiger partial charge in [-0.05, 0) is 18.5 Å². The van der Waals surface area contributed by atoms with Gasteiger partial charge in [-0.3, -0.25) is 4.79 Å². The maximum Gasteiger partial charge on any atom is 0.236 e. The van der Waals surface area contributed by atoms with Gasteiger partial charge in [-0.1, -0.05) is 13.0 Å². The molecule has 2 unspecified atom stereocenters. The molecular weight excluding hydrogens is 292 g/mol. The lowest BCUT2D eigenvalue weighted by molar-refractivity contribution is -0.132. The summed E-state index contributed by atoms with van der Waals surface area (Å²) in [6.07, 6.45) is 6.54. The SMILES string of the molecule is C[C@@H]1CCN(C(=O)CC#N)C[C@@H]1N(C)C1=NC=NC2NC=CC12. The number of nitrogens with zero attached hydrogens (tertiary/aromatic N) is 5. The van der Waals surface area contributed by atoms with Crippen molar-refractivity contribution in [3.8, 4) is 6.07 Å². The van der Waals surface area contributed by atoms with Gasteiger partial charge < -0.3 is 15.1 Å². The number of likely N-dealkylation sites (N-methyl/N-ethyl adjacent to an activating group) is 1. The summed E-state index contributed by atoms with van der Waals surface area (Å²) in [6, 6.07) is 2.15. The van der Waals surface area contributed by atoms with Crippen LogP contribution in [0, 0.1) is 23.2 Å². The van der Waals surface area contributed by atoms with Crippen molar-refractivity contribution in [2.45, 2.75) is 32.0 Å². The lowest BCUT2D eigenvalue weighted by Gasteiger charge is -2.44. The highest BCUT2D eigenvalue weighted by Crippen LogP contribution is 2.26. The Morgan fingerprint density at radius 2 is 2.43 bits per heavy atom. The summed E-state index contributed by atoms with van der Waals surface area (Å²) in [4.78, 5) is 24.9. The van der Waals surface area contributed by atoms with Crippen molar-refractivity contribution in [3.05, 3.63) is 12.3 Å². The fourth-order valence-corrected chi connectivity index (χ4v) is 3.54. The third kappa shape index (κ3) is 2.93. The van der Waals surface area contributed by atoms with Crippen LogP contribution in [-0.2, 0) is 4.79 Å². The number of nitrogens with one attached hydrogen (secondary N) is 1. The van der Waals surface area contributed by atoms with Crippen molar-refractivity contribution in [2.24, 2.45) is 21.8 Å². The molecule has 7 heteroatoms. The molecule has 0 aromatic carbocycles. The molecular formula is C16H22N6O. The third-order valence-electron chi connectivity index (χ3n) is 4.99. The van der Waals surface area contributed by atoms with Crippen molar-refractivity contribution < 1.29 is 4.79 Å². The molecule has 0 aromatic heterocycles. The average molecular weight is 314 g/mol. The summed E-state index contributed by atoms with van der Waals surface area (Å²) >= 11 is 0. The van der Waals surface area contributed by atoms with E-state index in [1.807, 2.05) is 24.2 Å². The first-order chi connectivity index (χ1) is 11.1. The maximum atomic E-state index is 12.0. The lowest BCUT2D eigenvalue weighted by Crippen LogP contribution is -2.56. The highest BCUT2D eigenvalue weighted by molar-refractivity contribution is 5.94. The number of nitriles is 1. The van der Waals surface area contributed by atoms with E-state index in [1.54, 1.807) is 6.34 Å². The molecule has 3 aliphatic heterocycles. The molecule has 23 heavy (non-hydrogen) atoms. The molecule has 1 amide bonds. The van der Waals surface area contributed by atoms with Crippen LogP contribution < -0.4 is 5.32 Å². The molecule has 7 nitrogen and oxygen atoms in total. The number of hydrogen-bond donors (Lipinski definition) is 1. The molecule has 3 heterocycles. The summed E-state index contributed by atoms with van der Waals surface area (Å²) in [5, 5.41) is 12.0. The molecule has 122 valence electrons. The van der Waals surface area contributed by atoms with Crippen LogP contribution in [0.1, 0.15) is 19.8 Å². The highest BCUT2D eigenvalue weighted by Gasteiger charge is 2.37. The Morgan fingerprint density at radius 3 is 3.22 bits per heavy atom. The van der Waals surface area contributed by atoms with Crippen LogP contribution in [0.15, 0.2) is 22.3 Å². The fraction of sp³-hybridized carbons (Fsp3) is 0.625. The maximum absolute atomic E-state index is 12.0.